The number of rotatable bonds is 3. The van der Waals surface area contributed by atoms with Gasteiger partial charge in [-0.25, -0.2) is 4.39 Å². The van der Waals surface area contributed by atoms with E-state index in [1.54, 1.807) is 12.1 Å². The predicted octanol–water partition coefficient (Wildman–Crippen LogP) is 4.36. The second-order valence-electron chi connectivity index (χ2n) is 6.36. The summed E-state index contributed by atoms with van der Waals surface area (Å²) in [7, 11) is 0. The molecule has 2 N–H and O–H groups in total. The lowest BCUT2D eigenvalue weighted by Crippen LogP contribution is -2.54. The van der Waals surface area contributed by atoms with Gasteiger partial charge in [-0.1, -0.05) is 19.3 Å². The van der Waals surface area contributed by atoms with Gasteiger partial charge in [-0.2, -0.15) is 0 Å². The molecule has 1 spiro atoms. The third-order valence-corrected chi connectivity index (χ3v) is 6.22. The van der Waals surface area contributed by atoms with E-state index < -0.39 is 0 Å². The second kappa shape index (κ2) is 5.10. The van der Waals surface area contributed by atoms with Gasteiger partial charge in [0.2, 0.25) is 0 Å². The van der Waals surface area contributed by atoms with Crippen molar-refractivity contribution in [3.63, 3.8) is 0 Å². The predicted molar refractivity (Wildman–Crippen MR) is 78.8 cm³/mol. The topological polar surface area (TPSA) is 26.0 Å². The smallest absolute Gasteiger partial charge is 0.123 e. The van der Waals surface area contributed by atoms with Crippen molar-refractivity contribution in [1.29, 1.82) is 0 Å². The zero-order valence-corrected chi connectivity index (χ0v) is 12.1. The summed E-state index contributed by atoms with van der Waals surface area (Å²) in [6.07, 6.45) is 9.46. The van der Waals surface area contributed by atoms with Gasteiger partial charge in [0.15, 0.2) is 0 Å². The first-order valence-electron chi connectivity index (χ1n) is 7.30. The monoisotopic (exact) mass is 279 g/mol. The zero-order chi connectivity index (χ0) is 13.3. The number of hydrogen-bond acceptors (Lipinski definition) is 2. The van der Waals surface area contributed by atoms with Gasteiger partial charge >= 0.3 is 0 Å². The minimum atomic E-state index is -0.163. The van der Waals surface area contributed by atoms with Crippen LogP contribution in [0.1, 0.15) is 44.9 Å². The Morgan fingerprint density at radius 1 is 1.05 bits per heavy atom. The summed E-state index contributed by atoms with van der Waals surface area (Å²) in [6, 6.07) is 6.84. The number of nitrogens with two attached hydrogens (primary N) is 1. The van der Waals surface area contributed by atoms with Gasteiger partial charge in [0.1, 0.15) is 5.82 Å². The maximum atomic E-state index is 12.9. The fraction of sp³-hybridized carbons (Fsp3) is 0.625. The third-order valence-electron chi connectivity index (χ3n) is 4.83. The molecule has 0 saturated heterocycles. The van der Waals surface area contributed by atoms with E-state index in [0.717, 1.165) is 11.4 Å². The molecule has 2 fully saturated rings. The average molecular weight is 279 g/mol. The van der Waals surface area contributed by atoms with Gasteiger partial charge in [0.05, 0.1) is 0 Å². The fourth-order valence-electron chi connectivity index (χ4n) is 3.98. The SMILES string of the molecule is NCC1(Sc2ccc(F)cc2)CC2(CCCCC2)C1. The van der Waals surface area contributed by atoms with Crippen LogP contribution in [0.15, 0.2) is 29.2 Å². The van der Waals surface area contributed by atoms with Crippen LogP contribution < -0.4 is 5.73 Å². The van der Waals surface area contributed by atoms with Crippen LogP contribution in [0, 0.1) is 11.2 Å². The molecular formula is C16H22FNS. The van der Waals surface area contributed by atoms with E-state index in [4.69, 9.17) is 5.73 Å². The number of thioether (sulfide) groups is 1. The fourth-order valence-corrected chi connectivity index (χ4v) is 5.59. The minimum Gasteiger partial charge on any atom is -0.329 e. The van der Waals surface area contributed by atoms with Gasteiger partial charge in [-0.15, -0.1) is 11.8 Å². The maximum Gasteiger partial charge on any atom is 0.123 e. The molecule has 2 saturated carbocycles. The summed E-state index contributed by atoms with van der Waals surface area (Å²) in [4.78, 5) is 1.15. The minimum absolute atomic E-state index is 0.163. The van der Waals surface area contributed by atoms with Gasteiger partial charge in [-0.3, -0.25) is 0 Å². The molecule has 0 aromatic heterocycles. The van der Waals surface area contributed by atoms with E-state index >= 15 is 0 Å². The molecule has 0 radical (unpaired) electrons. The van der Waals surface area contributed by atoms with Crippen LogP contribution in [-0.4, -0.2) is 11.3 Å². The number of benzene rings is 1. The molecule has 0 atom stereocenters. The Morgan fingerprint density at radius 3 is 2.26 bits per heavy atom. The first-order chi connectivity index (χ1) is 9.15. The molecule has 3 rings (SSSR count). The Hall–Kier alpha value is -0.540. The lowest BCUT2D eigenvalue weighted by molar-refractivity contribution is 0.0402. The lowest BCUT2D eigenvalue weighted by Gasteiger charge is -2.57. The van der Waals surface area contributed by atoms with E-state index in [9.17, 15) is 4.39 Å². The van der Waals surface area contributed by atoms with Crippen LogP contribution in [0.2, 0.25) is 0 Å². The molecule has 1 nitrogen and oxygen atoms in total. The standard InChI is InChI=1S/C16H22FNS/c17-13-4-6-14(7-5-13)19-16(12-18)10-15(11-16)8-2-1-3-9-15/h4-7H,1-3,8-12,18H2. The van der Waals surface area contributed by atoms with E-state index in [1.165, 1.54) is 44.9 Å². The molecule has 3 heteroatoms. The van der Waals surface area contributed by atoms with Crippen LogP contribution in [0.5, 0.6) is 0 Å². The molecular weight excluding hydrogens is 257 g/mol. The lowest BCUT2D eigenvalue weighted by atomic mass is 9.55. The number of hydrogen-bond donors (Lipinski definition) is 1. The summed E-state index contributed by atoms with van der Waals surface area (Å²) in [5.74, 6) is -0.163. The van der Waals surface area contributed by atoms with Gasteiger partial charge in [0.25, 0.3) is 0 Å². The Morgan fingerprint density at radius 2 is 1.68 bits per heavy atom. The average Bonchev–Trinajstić information content (AvgIpc) is 2.40. The Balaban J connectivity index is 1.67. The van der Waals surface area contributed by atoms with Gasteiger partial charge in [-0.05, 0) is 55.4 Å². The molecule has 0 heterocycles. The molecule has 104 valence electrons. The van der Waals surface area contributed by atoms with Crippen LogP contribution in [-0.2, 0) is 0 Å². The van der Waals surface area contributed by atoms with Crippen LogP contribution in [0.3, 0.4) is 0 Å². The van der Waals surface area contributed by atoms with Crippen molar-refractivity contribution in [1.82, 2.24) is 0 Å². The van der Waals surface area contributed by atoms with Gasteiger partial charge in [0, 0.05) is 16.2 Å². The van der Waals surface area contributed by atoms with Crippen molar-refractivity contribution < 1.29 is 4.39 Å². The van der Waals surface area contributed by atoms with E-state index in [0.29, 0.717) is 5.41 Å². The molecule has 19 heavy (non-hydrogen) atoms. The molecule has 1 aromatic rings. The van der Waals surface area contributed by atoms with Crippen LogP contribution >= 0.6 is 11.8 Å². The van der Waals surface area contributed by atoms with Crippen molar-refractivity contribution in [2.24, 2.45) is 11.1 Å². The normalized spacial score (nSPS) is 24.1. The first kappa shape index (κ1) is 13.4. The van der Waals surface area contributed by atoms with E-state index in [2.05, 4.69) is 0 Å². The quantitative estimate of drug-likeness (QED) is 0.889. The highest BCUT2D eigenvalue weighted by Crippen LogP contribution is 2.62. The molecule has 1 aromatic carbocycles. The second-order valence-corrected chi connectivity index (χ2v) is 7.90. The highest BCUT2D eigenvalue weighted by atomic mass is 32.2. The maximum absolute atomic E-state index is 12.9. The Kier molecular flexibility index (Phi) is 3.61. The van der Waals surface area contributed by atoms with E-state index in [-0.39, 0.29) is 10.6 Å². The summed E-state index contributed by atoms with van der Waals surface area (Å²) in [5.41, 5.74) is 6.63. The number of halogens is 1. The summed E-state index contributed by atoms with van der Waals surface area (Å²) < 4.78 is 13.2. The molecule has 0 bridgehead atoms. The molecule has 0 amide bonds. The Bertz CT molecular complexity index is 429. The van der Waals surface area contributed by atoms with Crippen molar-refractivity contribution in [3.8, 4) is 0 Å². The molecule has 2 aliphatic carbocycles. The Labute approximate surface area is 119 Å². The van der Waals surface area contributed by atoms with Crippen LogP contribution in [0.25, 0.3) is 0 Å². The van der Waals surface area contributed by atoms with Crippen LogP contribution in [0.4, 0.5) is 4.39 Å². The first-order valence-corrected chi connectivity index (χ1v) is 8.12. The highest BCUT2D eigenvalue weighted by Gasteiger charge is 2.53. The summed E-state index contributed by atoms with van der Waals surface area (Å²) >= 11 is 1.86. The molecule has 0 unspecified atom stereocenters. The third kappa shape index (κ3) is 2.68. The summed E-state index contributed by atoms with van der Waals surface area (Å²) in [5, 5.41) is 0. The highest BCUT2D eigenvalue weighted by molar-refractivity contribution is 8.00. The van der Waals surface area contributed by atoms with E-state index in [1.807, 2.05) is 23.9 Å². The molecule has 0 aliphatic heterocycles. The molecule has 2 aliphatic rings. The van der Waals surface area contributed by atoms with Crippen molar-refractivity contribution in [2.45, 2.75) is 54.6 Å². The summed E-state index contributed by atoms with van der Waals surface area (Å²) in [6.45, 7) is 0.733. The van der Waals surface area contributed by atoms with Gasteiger partial charge < -0.3 is 5.73 Å². The largest absolute Gasteiger partial charge is 0.329 e. The zero-order valence-electron chi connectivity index (χ0n) is 11.3. The van der Waals surface area contributed by atoms with Crippen molar-refractivity contribution >= 4 is 11.8 Å². The van der Waals surface area contributed by atoms with Crippen molar-refractivity contribution in [2.75, 3.05) is 6.54 Å². The van der Waals surface area contributed by atoms with Crippen molar-refractivity contribution in [3.05, 3.63) is 30.1 Å².